The zero-order valence-electron chi connectivity index (χ0n) is 11.6. The summed E-state index contributed by atoms with van der Waals surface area (Å²) in [5.74, 6) is 0.481. The van der Waals surface area contributed by atoms with Gasteiger partial charge in [0, 0.05) is 17.3 Å². The monoisotopic (exact) mass is 290 g/mol. The largest absolute Gasteiger partial charge is 0.492 e. The van der Waals surface area contributed by atoms with Gasteiger partial charge in [-0.1, -0.05) is 12.1 Å². The molecule has 0 fully saturated rings. The molecule has 2 rings (SSSR count). The van der Waals surface area contributed by atoms with Crippen LogP contribution in [-0.4, -0.2) is 19.6 Å². The van der Waals surface area contributed by atoms with Crippen LogP contribution in [0.1, 0.15) is 22.2 Å². The van der Waals surface area contributed by atoms with Crippen molar-refractivity contribution >= 4 is 22.9 Å². The predicted molar refractivity (Wildman–Crippen MR) is 82.6 cm³/mol. The van der Waals surface area contributed by atoms with Crippen LogP contribution in [0.15, 0.2) is 35.7 Å². The molecule has 1 aromatic carbocycles. The third-order valence-electron chi connectivity index (χ3n) is 2.91. The number of anilines is 1. The molecule has 0 aliphatic rings. The molecule has 4 nitrogen and oxygen atoms in total. The fourth-order valence-electron chi connectivity index (χ4n) is 1.96. The Morgan fingerprint density at radius 1 is 1.40 bits per heavy atom. The van der Waals surface area contributed by atoms with Crippen molar-refractivity contribution in [2.45, 2.75) is 13.5 Å². The summed E-state index contributed by atoms with van der Waals surface area (Å²) in [7, 11) is 2.00. The van der Waals surface area contributed by atoms with Crippen molar-refractivity contribution in [3.05, 3.63) is 46.2 Å². The molecular formula is C15H18N2O2S. The van der Waals surface area contributed by atoms with Gasteiger partial charge in [0.1, 0.15) is 5.75 Å². The molecule has 0 spiro atoms. The number of carbonyl (C=O) groups is 1. The predicted octanol–water partition coefficient (Wildman–Crippen LogP) is 2.88. The summed E-state index contributed by atoms with van der Waals surface area (Å²) in [5.41, 5.74) is 6.86. The van der Waals surface area contributed by atoms with E-state index in [4.69, 9.17) is 10.5 Å². The molecular weight excluding hydrogens is 272 g/mol. The first-order valence-corrected chi connectivity index (χ1v) is 7.30. The minimum atomic E-state index is -0.384. The van der Waals surface area contributed by atoms with Gasteiger partial charge in [-0.25, -0.2) is 0 Å². The number of nitrogens with two attached hydrogens (primary N) is 1. The quantitative estimate of drug-likeness (QED) is 0.890. The number of carbonyl (C=O) groups excluding carboxylic acids is 1. The van der Waals surface area contributed by atoms with Gasteiger partial charge < -0.3 is 15.4 Å². The Morgan fingerprint density at radius 3 is 2.80 bits per heavy atom. The van der Waals surface area contributed by atoms with E-state index in [0.29, 0.717) is 18.7 Å². The van der Waals surface area contributed by atoms with Gasteiger partial charge in [0.15, 0.2) is 0 Å². The number of nitrogens with zero attached hydrogens (tertiary/aromatic N) is 1. The first kappa shape index (κ1) is 14.4. The smallest absolute Gasteiger partial charge is 0.249 e. The number of hydrogen-bond donors (Lipinski definition) is 1. The Kier molecular flexibility index (Phi) is 4.63. The second-order valence-corrected chi connectivity index (χ2v) is 5.42. The average molecular weight is 290 g/mol. The van der Waals surface area contributed by atoms with Gasteiger partial charge in [0.25, 0.3) is 0 Å². The van der Waals surface area contributed by atoms with E-state index in [1.54, 1.807) is 5.38 Å². The van der Waals surface area contributed by atoms with Crippen LogP contribution in [0, 0.1) is 0 Å². The molecule has 1 amide bonds. The first-order valence-electron chi connectivity index (χ1n) is 6.42. The van der Waals surface area contributed by atoms with Gasteiger partial charge in [0.2, 0.25) is 5.91 Å². The Labute approximate surface area is 122 Å². The van der Waals surface area contributed by atoms with E-state index < -0.39 is 0 Å². The van der Waals surface area contributed by atoms with Gasteiger partial charge in [0.05, 0.1) is 24.4 Å². The molecule has 2 N–H and O–H groups in total. The van der Waals surface area contributed by atoms with E-state index in [1.807, 2.05) is 44.3 Å². The summed E-state index contributed by atoms with van der Waals surface area (Å²) in [4.78, 5) is 14.3. The Balaban J connectivity index is 2.14. The first-order chi connectivity index (χ1) is 9.61. The number of primary amides is 1. The Hall–Kier alpha value is -2.01. The van der Waals surface area contributed by atoms with Crippen LogP contribution in [0.3, 0.4) is 0 Å². The van der Waals surface area contributed by atoms with Crippen molar-refractivity contribution in [2.75, 3.05) is 18.6 Å². The molecule has 0 aliphatic heterocycles. The summed E-state index contributed by atoms with van der Waals surface area (Å²) < 4.78 is 5.63. The van der Waals surface area contributed by atoms with Crippen LogP contribution in [0.25, 0.3) is 0 Å². The zero-order chi connectivity index (χ0) is 14.5. The average Bonchev–Trinajstić information content (AvgIpc) is 2.88. The van der Waals surface area contributed by atoms with Crippen molar-refractivity contribution in [1.82, 2.24) is 0 Å². The van der Waals surface area contributed by atoms with E-state index >= 15 is 0 Å². The van der Waals surface area contributed by atoms with Crippen LogP contribution < -0.4 is 15.4 Å². The van der Waals surface area contributed by atoms with E-state index in [-0.39, 0.29) is 5.91 Å². The third-order valence-corrected chi connectivity index (χ3v) is 3.83. The van der Waals surface area contributed by atoms with Crippen LogP contribution in [-0.2, 0) is 6.54 Å². The molecule has 1 heterocycles. The van der Waals surface area contributed by atoms with E-state index in [0.717, 1.165) is 16.3 Å². The zero-order valence-corrected chi connectivity index (χ0v) is 12.4. The van der Waals surface area contributed by atoms with Crippen molar-refractivity contribution in [3.63, 3.8) is 0 Å². The highest BCUT2D eigenvalue weighted by Gasteiger charge is 2.11. The summed E-state index contributed by atoms with van der Waals surface area (Å²) >= 11 is 1.54. The van der Waals surface area contributed by atoms with E-state index in [2.05, 4.69) is 4.90 Å². The van der Waals surface area contributed by atoms with Crippen LogP contribution in [0.2, 0.25) is 0 Å². The molecule has 0 atom stereocenters. The molecule has 5 heteroatoms. The molecule has 2 aromatic rings. The van der Waals surface area contributed by atoms with Crippen LogP contribution >= 0.6 is 11.3 Å². The van der Waals surface area contributed by atoms with Gasteiger partial charge in [-0.15, -0.1) is 11.3 Å². The second kappa shape index (κ2) is 6.43. The third kappa shape index (κ3) is 3.30. The summed E-state index contributed by atoms with van der Waals surface area (Å²) in [5, 5.41) is 1.79. The Bertz CT molecular complexity index is 595. The molecule has 0 bridgehead atoms. The fraction of sp³-hybridized carbons (Fsp3) is 0.267. The second-order valence-electron chi connectivity index (χ2n) is 4.42. The maximum Gasteiger partial charge on any atom is 0.249 e. The standard InChI is InChI=1S/C15H18N2O2S/c1-3-19-14-7-5-4-6-13(14)17(2)9-12-8-11(10-20-12)15(16)18/h4-8,10H,3,9H2,1-2H3,(H2,16,18). The minimum Gasteiger partial charge on any atom is -0.492 e. The molecule has 0 unspecified atom stereocenters. The fourth-order valence-corrected chi connectivity index (χ4v) is 2.89. The van der Waals surface area contributed by atoms with Crippen molar-refractivity contribution < 1.29 is 9.53 Å². The maximum atomic E-state index is 11.1. The summed E-state index contributed by atoms with van der Waals surface area (Å²) in [6, 6.07) is 9.76. The maximum absolute atomic E-state index is 11.1. The van der Waals surface area contributed by atoms with Gasteiger partial charge >= 0.3 is 0 Å². The van der Waals surface area contributed by atoms with E-state index in [9.17, 15) is 4.79 Å². The van der Waals surface area contributed by atoms with Crippen molar-refractivity contribution in [3.8, 4) is 5.75 Å². The lowest BCUT2D eigenvalue weighted by Crippen LogP contribution is -2.17. The topological polar surface area (TPSA) is 55.6 Å². The van der Waals surface area contributed by atoms with Crippen LogP contribution in [0.5, 0.6) is 5.75 Å². The highest BCUT2D eigenvalue weighted by atomic mass is 32.1. The minimum absolute atomic E-state index is 0.384. The van der Waals surface area contributed by atoms with E-state index in [1.165, 1.54) is 11.3 Å². The van der Waals surface area contributed by atoms with Gasteiger partial charge in [-0.05, 0) is 25.1 Å². The van der Waals surface area contributed by atoms with Crippen molar-refractivity contribution in [1.29, 1.82) is 0 Å². The Morgan fingerprint density at radius 2 is 2.15 bits per heavy atom. The summed E-state index contributed by atoms with van der Waals surface area (Å²) in [6.07, 6.45) is 0. The molecule has 20 heavy (non-hydrogen) atoms. The summed E-state index contributed by atoms with van der Waals surface area (Å²) in [6.45, 7) is 3.31. The molecule has 0 saturated heterocycles. The SMILES string of the molecule is CCOc1ccccc1N(C)Cc1cc(C(N)=O)cs1. The molecule has 106 valence electrons. The van der Waals surface area contributed by atoms with Gasteiger partial charge in [-0.2, -0.15) is 0 Å². The van der Waals surface area contributed by atoms with Crippen molar-refractivity contribution in [2.24, 2.45) is 5.73 Å². The highest BCUT2D eigenvalue weighted by molar-refractivity contribution is 7.10. The molecule has 0 aliphatic carbocycles. The van der Waals surface area contributed by atoms with Crippen LogP contribution in [0.4, 0.5) is 5.69 Å². The normalized spacial score (nSPS) is 10.3. The highest BCUT2D eigenvalue weighted by Crippen LogP contribution is 2.29. The number of hydrogen-bond acceptors (Lipinski definition) is 4. The molecule has 0 radical (unpaired) electrons. The number of para-hydroxylation sites is 2. The molecule has 1 aromatic heterocycles. The lowest BCUT2D eigenvalue weighted by molar-refractivity contribution is 0.100. The lowest BCUT2D eigenvalue weighted by atomic mass is 10.2. The number of ether oxygens (including phenoxy) is 1. The number of thiophene rings is 1. The number of benzene rings is 1. The number of rotatable bonds is 6. The molecule has 0 saturated carbocycles. The van der Waals surface area contributed by atoms with Gasteiger partial charge in [-0.3, -0.25) is 4.79 Å². The lowest BCUT2D eigenvalue weighted by Gasteiger charge is -2.21. The number of amides is 1.